The number of nitro groups is 1. The molecule has 0 amide bonds. The molecule has 2 rings (SSSR count). The molecule has 2 aromatic rings. The highest BCUT2D eigenvalue weighted by Gasteiger charge is 2.25. The van der Waals surface area contributed by atoms with Gasteiger partial charge in [-0.25, -0.2) is 4.39 Å². The molecule has 0 radical (unpaired) electrons. The zero-order chi connectivity index (χ0) is 15.4. The van der Waals surface area contributed by atoms with E-state index in [0.717, 1.165) is 18.7 Å². The van der Waals surface area contributed by atoms with E-state index in [1.165, 1.54) is 0 Å². The molecule has 0 aliphatic carbocycles. The van der Waals surface area contributed by atoms with Gasteiger partial charge in [-0.3, -0.25) is 10.1 Å². The van der Waals surface area contributed by atoms with Gasteiger partial charge < -0.3 is 9.84 Å². The van der Waals surface area contributed by atoms with E-state index in [1.54, 1.807) is 0 Å². The van der Waals surface area contributed by atoms with Gasteiger partial charge in [-0.15, -0.1) is 0 Å². The second-order valence-corrected chi connectivity index (χ2v) is 4.13. The molecule has 0 atom stereocenters. The third kappa shape index (κ3) is 3.19. The van der Waals surface area contributed by atoms with Crippen molar-refractivity contribution in [3.05, 3.63) is 39.8 Å². The van der Waals surface area contributed by atoms with Crippen molar-refractivity contribution in [1.29, 1.82) is 0 Å². The molecule has 21 heavy (non-hydrogen) atoms. The summed E-state index contributed by atoms with van der Waals surface area (Å²) in [6.07, 6.45) is 0.388. The monoisotopic (exact) mass is 298 g/mol. The van der Waals surface area contributed by atoms with Crippen LogP contribution in [0.5, 0.6) is 0 Å². The molecule has 1 heterocycles. The fraction of sp³-hybridized carbons (Fsp3) is 0.333. The lowest BCUT2D eigenvalue weighted by Gasteiger charge is -2.00. The van der Waals surface area contributed by atoms with Crippen LogP contribution in [0.3, 0.4) is 0 Å². The quantitative estimate of drug-likeness (QED) is 0.498. The molecule has 0 spiro atoms. The molecule has 0 bridgehead atoms. The lowest BCUT2D eigenvalue weighted by molar-refractivity contribution is -0.387. The molecule has 1 aromatic carbocycles. The van der Waals surface area contributed by atoms with Crippen LogP contribution in [-0.4, -0.2) is 28.2 Å². The smallest absolute Gasteiger partial charge is 0.305 e. The maximum Gasteiger partial charge on any atom is 0.305 e. The molecule has 1 aromatic heterocycles. The van der Waals surface area contributed by atoms with Crippen molar-refractivity contribution in [2.75, 3.05) is 13.1 Å². The van der Waals surface area contributed by atoms with Crippen molar-refractivity contribution in [3.8, 4) is 11.4 Å². The topological polar surface area (TPSA) is 94.1 Å². The molecule has 9 heteroatoms. The summed E-state index contributed by atoms with van der Waals surface area (Å²) in [7, 11) is 0. The maximum atomic E-state index is 14.0. The van der Waals surface area contributed by atoms with Gasteiger partial charge in [0.25, 0.3) is 0 Å². The number of benzene rings is 1. The predicted molar refractivity (Wildman–Crippen MR) is 68.6 cm³/mol. The Bertz CT molecular complexity index is 660. The number of nitrogens with one attached hydrogen (secondary N) is 1. The van der Waals surface area contributed by atoms with Gasteiger partial charge in [-0.05, 0) is 12.6 Å². The van der Waals surface area contributed by atoms with Crippen LogP contribution in [0.25, 0.3) is 11.4 Å². The SMILES string of the molecule is CCNCCc1nc(-c2c(F)ccc([N+](=O)[O-])c2F)no1. The van der Waals surface area contributed by atoms with Gasteiger partial charge in [-0.2, -0.15) is 9.37 Å². The van der Waals surface area contributed by atoms with Gasteiger partial charge in [-0.1, -0.05) is 12.1 Å². The summed E-state index contributed by atoms with van der Waals surface area (Å²) >= 11 is 0. The Morgan fingerprint density at radius 3 is 2.86 bits per heavy atom. The van der Waals surface area contributed by atoms with Crippen molar-refractivity contribution in [2.24, 2.45) is 0 Å². The van der Waals surface area contributed by atoms with E-state index in [9.17, 15) is 18.9 Å². The van der Waals surface area contributed by atoms with Gasteiger partial charge in [0.1, 0.15) is 11.4 Å². The molecule has 0 saturated carbocycles. The van der Waals surface area contributed by atoms with Gasteiger partial charge in [0.05, 0.1) is 4.92 Å². The number of nitrogens with zero attached hydrogens (tertiary/aromatic N) is 3. The lowest BCUT2D eigenvalue weighted by Crippen LogP contribution is -2.16. The number of rotatable bonds is 6. The van der Waals surface area contributed by atoms with Crippen molar-refractivity contribution in [3.63, 3.8) is 0 Å². The number of likely N-dealkylation sites (N-methyl/N-ethyl adjacent to an activating group) is 1. The third-order valence-corrected chi connectivity index (χ3v) is 2.72. The Morgan fingerprint density at radius 1 is 1.43 bits per heavy atom. The van der Waals surface area contributed by atoms with Crippen LogP contribution in [0.15, 0.2) is 16.7 Å². The molecule has 0 fully saturated rings. The van der Waals surface area contributed by atoms with Crippen molar-refractivity contribution >= 4 is 5.69 Å². The van der Waals surface area contributed by atoms with Crippen LogP contribution in [0.4, 0.5) is 14.5 Å². The summed E-state index contributed by atoms with van der Waals surface area (Å²) in [5, 5.41) is 17.2. The average Bonchev–Trinajstić information content (AvgIpc) is 2.87. The molecule has 0 aliphatic heterocycles. The van der Waals surface area contributed by atoms with Crippen molar-refractivity contribution in [1.82, 2.24) is 15.5 Å². The molecule has 0 unspecified atom stereocenters. The number of nitro benzene ring substituents is 1. The molecule has 7 nitrogen and oxygen atoms in total. The summed E-state index contributed by atoms with van der Waals surface area (Å²) in [4.78, 5) is 13.6. The highest BCUT2D eigenvalue weighted by Crippen LogP contribution is 2.29. The predicted octanol–water partition coefficient (Wildman–Crippen LogP) is 2.07. The van der Waals surface area contributed by atoms with Gasteiger partial charge in [0.15, 0.2) is 0 Å². The Labute approximate surface area is 118 Å². The highest BCUT2D eigenvalue weighted by molar-refractivity contribution is 5.61. The normalized spacial score (nSPS) is 10.8. The van der Waals surface area contributed by atoms with Crippen LogP contribution in [0.1, 0.15) is 12.8 Å². The standard InChI is InChI=1S/C12H12F2N4O3/c1-2-15-6-5-9-16-12(17-21-9)10-7(13)3-4-8(11(10)14)18(19)20/h3-4,15H,2,5-6H2,1H3. The van der Waals surface area contributed by atoms with E-state index >= 15 is 0 Å². The number of halogens is 2. The second-order valence-electron chi connectivity index (χ2n) is 4.13. The summed E-state index contributed by atoms with van der Waals surface area (Å²) in [5.74, 6) is -2.47. The van der Waals surface area contributed by atoms with Crippen LogP contribution >= 0.6 is 0 Å². The van der Waals surface area contributed by atoms with Crippen molar-refractivity contribution in [2.45, 2.75) is 13.3 Å². The number of aromatic nitrogens is 2. The zero-order valence-corrected chi connectivity index (χ0v) is 11.1. The van der Waals surface area contributed by atoms with E-state index < -0.39 is 27.8 Å². The summed E-state index contributed by atoms with van der Waals surface area (Å²) in [6.45, 7) is 3.25. The first-order chi connectivity index (χ1) is 10.0. The van der Waals surface area contributed by atoms with E-state index in [0.29, 0.717) is 13.0 Å². The van der Waals surface area contributed by atoms with Crippen LogP contribution < -0.4 is 5.32 Å². The Balaban J connectivity index is 2.33. The van der Waals surface area contributed by atoms with E-state index in [-0.39, 0.29) is 11.7 Å². The zero-order valence-electron chi connectivity index (χ0n) is 11.1. The van der Waals surface area contributed by atoms with E-state index in [1.807, 2.05) is 6.92 Å². The first kappa shape index (κ1) is 15.0. The largest absolute Gasteiger partial charge is 0.339 e. The summed E-state index contributed by atoms with van der Waals surface area (Å²) in [6, 6.07) is 1.55. The first-order valence-corrected chi connectivity index (χ1v) is 6.20. The van der Waals surface area contributed by atoms with Crippen molar-refractivity contribution < 1.29 is 18.2 Å². The fourth-order valence-corrected chi connectivity index (χ4v) is 1.72. The van der Waals surface area contributed by atoms with Gasteiger partial charge in [0, 0.05) is 19.0 Å². The van der Waals surface area contributed by atoms with Gasteiger partial charge >= 0.3 is 5.69 Å². The van der Waals surface area contributed by atoms with Gasteiger partial charge in [0.2, 0.25) is 17.5 Å². The minimum absolute atomic E-state index is 0.191. The molecule has 0 saturated heterocycles. The van der Waals surface area contributed by atoms with E-state index in [2.05, 4.69) is 15.5 Å². The van der Waals surface area contributed by atoms with Crippen LogP contribution in [0, 0.1) is 21.7 Å². The minimum atomic E-state index is -1.32. The minimum Gasteiger partial charge on any atom is -0.339 e. The number of hydrogen-bond acceptors (Lipinski definition) is 6. The summed E-state index contributed by atoms with van der Waals surface area (Å²) < 4.78 is 32.5. The fourth-order valence-electron chi connectivity index (χ4n) is 1.72. The molecule has 1 N–H and O–H groups in total. The van der Waals surface area contributed by atoms with Crippen LogP contribution in [0.2, 0.25) is 0 Å². The molecule has 112 valence electrons. The maximum absolute atomic E-state index is 14.0. The molecular formula is C12H12F2N4O3. The van der Waals surface area contributed by atoms with Crippen LogP contribution in [-0.2, 0) is 6.42 Å². The molecular weight excluding hydrogens is 286 g/mol. The average molecular weight is 298 g/mol. The first-order valence-electron chi connectivity index (χ1n) is 6.20. The Morgan fingerprint density at radius 2 is 2.19 bits per heavy atom. The molecule has 0 aliphatic rings. The summed E-state index contributed by atoms with van der Waals surface area (Å²) in [5.41, 5.74) is -1.51. The highest BCUT2D eigenvalue weighted by atomic mass is 19.1. The Kier molecular flexibility index (Phi) is 4.53. The van der Waals surface area contributed by atoms with E-state index in [4.69, 9.17) is 4.52 Å². The lowest BCUT2D eigenvalue weighted by atomic mass is 10.1. The Hall–Kier alpha value is -2.42. The number of hydrogen-bond donors (Lipinski definition) is 1. The third-order valence-electron chi connectivity index (χ3n) is 2.72. The second kappa shape index (κ2) is 6.35.